The van der Waals surface area contributed by atoms with E-state index in [9.17, 15) is 18.0 Å². The Morgan fingerprint density at radius 3 is 2.64 bits per heavy atom. The smallest absolute Gasteiger partial charge is 0.435 e. The third kappa shape index (κ3) is 6.38. The molecule has 1 aromatic carbocycles. The zero-order valence-electron chi connectivity index (χ0n) is 20.1. The summed E-state index contributed by atoms with van der Waals surface area (Å²) in [6, 6.07) is 6.63. The predicted molar refractivity (Wildman–Crippen MR) is 129 cm³/mol. The van der Waals surface area contributed by atoms with Gasteiger partial charge in [0.2, 0.25) is 0 Å². The highest BCUT2D eigenvalue weighted by molar-refractivity contribution is 7.15. The van der Waals surface area contributed by atoms with E-state index in [1.54, 1.807) is 30.4 Å². The van der Waals surface area contributed by atoms with Crippen LogP contribution in [0.2, 0.25) is 0 Å². The number of hydrogen-bond acceptors (Lipinski definition) is 7. The molecule has 11 heteroatoms. The highest BCUT2D eigenvalue weighted by Gasteiger charge is 2.33. The first-order valence-corrected chi connectivity index (χ1v) is 12.4. The van der Waals surface area contributed by atoms with Gasteiger partial charge in [-0.3, -0.25) is 4.79 Å². The molecule has 4 rings (SSSR count). The van der Waals surface area contributed by atoms with E-state index in [0.29, 0.717) is 37.1 Å². The molecule has 192 valence electrons. The van der Waals surface area contributed by atoms with Crippen molar-refractivity contribution in [2.45, 2.75) is 45.3 Å². The fourth-order valence-electron chi connectivity index (χ4n) is 3.63. The van der Waals surface area contributed by atoms with Crippen molar-refractivity contribution in [3.8, 4) is 16.3 Å². The Morgan fingerprint density at radius 1 is 1.22 bits per heavy atom. The maximum absolute atomic E-state index is 13.1. The standard InChI is InChI=1S/C25H27F3N4O3S/c1-14(2)21-11-29-24(36-21)18-8-17(9-19(10-18)35-13-16-6-7-34-12-16)23(33)30-15(3)20-4-5-22(32-31-20)25(26,27)28/h4-5,8-11,14-16H,6-7,12-13H2,1-3H3,(H,30,33)/t15?,16-/m1/s1. The second-order valence-corrected chi connectivity index (χ2v) is 10.1. The van der Waals surface area contributed by atoms with E-state index in [0.717, 1.165) is 27.9 Å². The van der Waals surface area contributed by atoms with Gasteiger partial charge in [-0.1, -0.05) is 13.8 Å². The summed E-state index contributed by atoms with van der Waals surface area (Å²) in [5.41, 5.74) is 0.222. The Bertz CT molecular complexity index is 1190. The van der Waals surface area contributed by atoms with Crippen molar-refractivity contribution in [1.82, 2.24) is 20.5 Å². The monoisotopic (exact) mass is 520 g/mol. The van der Waals surface area contributed by atoms with E-state index in [2.05, 4.69) is 34.3 Å². The molecule has 0 radical (unpaired) electrons. The Labute approximate surface area is 211 Å². The highest BCUT2D eigenvalue weighted by Crippen LogP contribution is 2.33. The van der Waals surface area contributed by atoms with Crippen LogP contribution in [0.3, 0.4) is 0 Å². The van der Waals surface area contributed by atoms with Crippen LogP contribution in [0.1, 0.15) is 65.8 Å². The van der Waals surface area contributed by atoms with E-state index < -0.39 is 23.8 Å². The molecule has 1 aliphatic heterocycles. The lowest BCUT2D eigenvalue weighted by Gasteiger charge is -2.16. The van der Waals surface area contributed by atoms with Gasteiger partial charge in [0, 0.05) is 34.7 Å². The first-order chi connectivity index (χ1) is 17.1. The zero-order valence-corrected chi connectivity index (χ0v) is 20.9. The Hall–Kier alpha value is -3.05. The summed E-state index contributed by atoms with van der Waals surface area (Å²) < 4.78 is 49.8. The number of nitrogens with one attached hydrogen (secondary N) is 1. The molecule has 0 bridgehead atoms. The highest BCUT2D eigenvalue weighted by atomic mass is 32.1. The second kappa shape index (κ2) is 10.9. The van der Waals surface area contributed by atoms with Crippen molar-refractivity contribution in [3.05, 3.63) is 58.4 Å². The van der Waals surface area contributed by atoms with Crippen LogP contribution >= 0.6 is 11.3 Å². The maximum atomic E-state index is 13.1. The van der Waals surface area contributed by atoms with E-state index >= 15 is 0 Å². The summed E-state index contributed by atoms with van der Waals surface area (Å²) in [4.78, 5) is 18.8. The minimum atomic E-state index is -4.58. The van der Waals surface area contributed by atoms with Crippen molar-refractivity contribution in [2.24, 2.45) is 5.92 Å². The number of rotatable bonds is 8. The first-order valence-electron chi connectivity index (χ1n) is 11.6. The van der Waals surface area contributed by atoms with Gasteiger partial charge in [0.1, 0.15) is 10.8 Å². The topological polar surface area (TPSA) is 86.2 Å². The molecule has 3 heterocycles. The van der Waals surface area contributed by atoms with Gasteiger partial charge in [0.15, 0.2) is 5.69 Å². The lowest BCUT2D eigenvalue weighted by molar-refractivity contribution is -0.141. The Morgan fingerprint density at radius 2 is 2.03 bits per heavy atom. The van der Waals surface area contributed by atoms with Crippen LogP contribution in [0.5, 0.6) is 5.75 Å². The molecule has 1 fully saturated rings. The van der Waals surface area contributed by atoms with Crippen molar-refractivity contribution in [3.63, 3.8) is 0 Å². The number of amides is 1. The van der Waals surface area contributed by atoms with Gasteiger partial charge in [-0.15, -0.1) is 16.4 Å². The minimum absolute atomic E-state index is 0.215. The Balaban J connectivity index is 1.55. The quantitative estimate of drug-likeness (QED) is 0.413. The number of carbonyl (C=O) groups is 1. The summed E-state index contributed by atoms with van der Waals surface area (Å²) in [6.07, 6.45) is -1.83. The van der Waals surface area contributed by atoms with Gasteiger partial charge in [-0.2, -0.15) is 18.3 Å². The number of ether oxygens (including phenoxy) is 2. The van der Waals surface area contributed by atoms with E-state index in [-0.39, 0.29) is 11.6 Å². The molecule has 3 aromatic rings. The van der Waals surface area contributed by atoms with Crippen molar-refractivity contribution < 1.29 is 27.4 Å². The number of hydrogen-bond donors (Lipinski definition) is 1. The third-order valence-corrected chi connectivity index (χ3v) is 7.13. The van der Waals surface area contributed by atoms with Crippen LogP contribution in [-0.2, 0) is 10.9 Å². The van der Waals surface area contributed by atoms with Gasteiger partial charge < -0.3 is 14.8 Å². The number of alkyl halides is 3. The number of nitrogens with zero attached hydrogens (tertiary/aromatic N) is 3. The molecular weight excluding hydrogens is 493 g/mol. The number of thiazole rings is 1. The van der Waals surface area contributed by atoms with E-state index in [1.165, 1.54) is 6.07 Å². The molecule has 1 aliphatic rings. The van der Waals surface area contributed by atoms with Crippen molar-refractivity contribution >= 4 is 17.2 Å². The summed E-state index contributed by atoms with van der Waals surface area (Å²) in [5, 5.41) is 10.4. The number of benzene rings is 1. The number of halogens is 3. The molecule has 0 saturated carbocycles. The predicted octanol–water partition coefficient (Wildman–Crippen LogP) is 5.65. The molecule has 1 saturated heterocycles. The Kier molecular flexibility index (Phi) is 7.89. The normalized spacial score (nSPS) is 16.8. The summed E-state index contributed by atoms with van der Waals surface area (Å²) >= 11 is 1.55. The van der Waals surface area contributed by atoms with Crippen LogP contribution in [-0.4, -0.2) is 40.9 Å². The van der Waals surface area contributed by atoms with Crippen molar-refractivity contribution in [2.75, 3.05) is 19.8 Å². The fourth-order valence-corrected chi connectivity index (χ4v) is 4.54. The first kappa shape index (κ1) is 26.0. The maximum Gasteiger partial charge on any atom is 0.435 e. The third-order valence-electron chi connectivity index (χ3n) is 5.78. The molecule has 7 nitrogen and oxygen atoms in total. The zero-order chi connectivity index (χ0) is 25.9. The molecular formula is C25H27F3N4O3S. The minimum Gasteiger partial charge on any atom is -0.493 e. The molecule has 36 heavy (non-hydrogen) atoms. The van der Waals surface area contributed by atoms with Crippen LogP contribution < -0.4 is 10.1 Å². The van der Waals surface area contributed by atoms with Crippen LogP contribution in [0.25, 0.3) is 10.6 Å². The van der Waals surface area contributed by atoms with E-state index in [1.807, 2.05) is 12.3 Å². The molecule has 0 aliphatic carbocycles. The van der Waals surface area contributed by atoms with Gasteiger partial charge in [0.25, 0.3) is 5.91 Å². The summed E-state index contributed by atoms with van der Waals surface area (Å²) in [5.74, 6) is 0.733. The van der Waals surface area contributed by atoms with Crippen LogP contribution in [0, 0.1) is 5.92 Å². The lowest BCUT2D eigenvalue weighted by Crippen LogP contribution is -2.27. The van der Waals surface area contributed by atoms with Crippen LogP contribution in [0.4, 0.5) is 13.2 Å². The molecule has 1 amide bonds. The summed E-state index contributed by atoms with van der Waals surface area (Å²) in [6.45, 7) is 7.63. The number of aromatic nitrogens is 3. The molecule has 1 unspecified atom stereocenters. The van der Waals surface area contributed by atoms with Gasteiger partial charge in [0.05, 0.1) is 24.9 Å². The number of carbonyl (C=O) groups excluding carboxylic acids is 1. The second-order valence-electron chi connectivity index (χ2n) is 9.05. The molecule has 1 N–H and O–H groups in total. The van der Waals surface area contributed by atoms with Crippen molar-refractivity contribution in [1.29, 1.82) is 0 Å². The van der Waals surface area contributed by atoms with Gasteiger partial charge in [-0.05, 0) is 49.6 Å². The summed E-state index contributed by atoms with van der Waals surface area (Å²) in [7, 11) is 0. The largest absolute Gasteiger partial charge is 0.493 e. The SMILES string of the molecule is CC(C)c1cnc(-c2cc(OC[C@@H]3CCOC3)cc(C(=O)NC(C)c3ccc(C(F)(F)F)nn3)c2)s1. The lowest BCUT2D eigenvalue weighted by atomic mass is 10.1. The average molecular weight is 521 g/mol. The van der Waals surface area contributed by atoms with E-state index in [4.69, 9.17) is 9.47 Å². The average Bonchev–Trinajstić information content (AvgIpc) is 3.54. The van der Waals surface area contributed by atoms with Gasteiger partial charge in [-0.25, -0.2) is 4.98 Å². The van der Waals surface area contributed by atoms with Gasteiger partial charge >= 0.3 is 6.18 Å². The fraction of sp³-hybridized carbons (Fsp3) is 0.440. The molecule has 2 aromatic heterocycles. The molecule has 0 spiro atoms. The van der Waals surface area contributed by atoms with Crippen LogP contribution in [0.15, 0.2) is 36.5 Å². The molecule has 2 atom stereocenters.